The topological polar surface area (TPSA) is 48.3 Å². The van der Waals surface area contributed by atoms with E-state index in [1.807, 2.05) is 4.68 Å². The van der Waals surface area contributed by atoms with E-state index in [1.54, 1.807) is 20.4 Å². The highest BCUT2D eigenvalue weighted by atomic mass is 16.5. The second kappa shape index (κ2) is 7.09. The van der Waals surface area contributed by atoms with Crippen molar-refractivity contribution >= 4 is 0 Å². The monoisotopic (exact) mass is 283 g/mol. The van der Waals surface area contributed by atoms with Crippen LogP contribution in [0.2, 0.25) is 0 Å². The Morgan fingerprint density at radius 3 is 2.45 bits per heavy atom. The van der Waals surface area contributed by atoms with E-state index in [2.05, 4.69) is 45.0 Å². The van der Waals surface area contributed by atoms with Gasteiger partial charge in [0.15, 0.2) is 5.75 Å². The highest BCUT2D eigenvalue weighted by molar-refractivity contribution is 5.29. The van der Waals surface area contributed by atoms with Gasteiger partial charge in [-0.1, -0.05) is 6.92 Å². The van der Waals surface area contributed by atoms with E-state index in [0.29, 0.717) is 6.04 Å². The van der Waals surface area contributed by atoms with Gasteiger partial charge in [-0.2, -0.15) is 5.10 Å². The summed E-state index contributed by atoms with van der Waals surface area (Å²) in [7, 11) is 3.44. The number of rotatable bonds is 8. The Morgan fingerprint density at radius 2 is 2.00 bits per heavy atom. The zero-order valence-corrected chi connectivity index (χ0v) is 13.9. The first-order chi connectivity index (χ1) is 9.36. The second-order valence-corrected chi connectivity index (χ2v) is 5.91. The highest BCUT2D eigenvalue weighted by Crippen LogP contribution is 2.33. The van der Waals surface area contributed by atoms with E-state index in [9.17, 15) is 0 Å². The summed E-state index contributed by atoms with van der Waals surface area (Å²) in [5, 5.41) is 7.98. The molecule has 0 bridgehead atoms. The molecular formula is C15H29N3O2. The van der Waals surface area contributed by atoms with Crippen LogP contribution in [0.3, 0.4) is 0 Å². The molecule has 1 unspecified atom stereocenters. The van der Waals surface area contributed by atoms with Gasteiger partial charge in [-0.25, -0.2) is 0 Å². The largest absolute Gasteiger partial charge is 0.493 e. The third kappa shape index (κ3) is 3.96. The van der Waals surface area contributed by atoms with Gasteiger partial charge in [0.25, 0.3) is 0 Å². The molecule has 1 rings (SSSR count). The molecule has 0 amide bonds. The fraction of sp³-hybridized carbons (Fsp3) is 0.800. The minimum Gasteiger partial charge on any atom is -0.493 e. The van der Waals surface area contributed by atoms with Crippen molar-refractivity contribution in [2.24, 2.45) is 0 Å². The minimum absolute atomic E-state index is 0.148. The molecule has 1 aromatic rings. The van der Waals surface area contributed by atoms with Gasteiger partial charge < -0.3 is 14.8 Å². The summed E-state index contributed by atoms with van der Waals surface area (Å²) in [5.74, 6) is 0.830. The van der Waals surface area contributed by atoms with E-state index in [4.69, 9.17) is 9.47 Å². The highest BCUT2D eigenvalue weighted by Gasteiger charge is 2.29. The Hall–Kier alpha value is -1.07. The van der Waals surface area contributed by atoms with E-state index >= 15 is 0 Å². The SMILES string of the molecule is CCNC(CC(C)(C)OC)c1c(OC)cnn1C(C)C. The first-order valence-electron chi connectivity index (χ1n) is 7.26. The van der Waals surface area contributed by atoms with Crippen molar-refractivity contribution in [2.45, 2.75) is 58.7 Å². The molecule has 1 aromatic heterocycles. The quantitative estimate of drug-likeness (QED) is 0.797. The van der Waals surface area contributed by atoms with Crippen molar-refractivity contribution in [3.63, 3.8) is 0 Å². The van der Waals surface area contributed by atoms with Crippen LogP contribution < -0.4 is 10.1 Å². The lowest BCUT2D eigenvalue weighted by molar-refractivity contribution is 0.00599. The molecular weight excluding hydrogens is 254 g/mol. The molecule has 0 saturated heterocycles. The van der Waals surface area contributed by atoms with Crippen molar-refractivity contribution in [1.82, 2.24) is 15.1 Å². The lowest BCUT2D eigenvalue weighted by Gasteiger charge is -2.30. The molecule has 0 fully saturated rings. The number of hydrogen-bond donors (Lipinski definition) is 1. The smallest absolute Gasteiger partial charge is 0.161 e. The fourth-order valence-corrected chi connectivity index (χ4v) is 2.34. The summed E-state index contributed by atoms with van der Waals surface area (Å²) in [6, 6.07) is 0.440. The van der Waals surface area contributed by atoms with Gasteiger partial charge in [-0.3, -0.25) is 4.68 Å². The van der Waals surface area contributed by atoms with Gasteiger partial charge in [0.2, 0.25) is 0 Å². The number of nitrogens with zero attached hydrogens (tertiary/aromatic N) is 2. The molecule has 0 radical (unpaired) electrons. The first-order valence-corrected chi connectivity index (χ1v) is 7.26. The van der Waals surface area contributed by atoms with E-state index in [0.717, 1.165) is 24.4 Å². The summed E-state index contributed by atoms with van der Waals surface area (Å²) in [4.78, 5) is 0. The zero-order chi connectivity index (χ0) is 15.3. The van der Waals surface area contributed by atoms with Crippen LogP contribution in [0.15, 0.2) is 6.20 Å². The van der Waals surface area contributed by atoms with Gasteiger partial charge in [-0.15, -0.1) is 0 Å². The normalized spacial score (nSPS) is 13.8. The van der Waals surface area contributed by atoms with Crippen LogP contribution in [0, 0.1) is 0 Å². The maximum absolute atomic E-state index is 5.58. The zero-order valence-electron chi connectivity index (χ0n) is 13.9. The molecule has 5 heteroatoms. The Labute approximate surface area is 122 Å². The number of nitrogens with one attached hydrogen (secondary N) is 1. The van der Waals surface area contributed by atoms with Gasteiger partial charge >= 0.3 is 0 Å². The standard InChI is InChI=1S/C15H29N3O2/c1-8-16-12(9-15(4,5)20-7)14-13(19-6)10-17-18(14)11(2)3/h10-12,16H,8-9H2,1-7H3. The van der Waals surface area contributed by atoms with Gasteiger partial charge in [0.1, 0.15) is 0 Å². The Kier molecular flexibility index (Phi) is 6.02. The molecule has 1 N–H and O–H groups in total. The van der Waals surface area contributed by atoms with Crippen molar-refractivity contribution in [3.8, 4) is 5.75 Å². The van der Waals surface area contributed by atoms with Crippen LogP contribution in [0.25, 0.3) is 0 Å². The summed E-state index contributed by atoms with van der Waals surface area (Å²) in [6.07, 6.45) is 2.64. The third-order valence-electron chi connectivity index (χ3n) is 3.54. The maximum Gasteiger partial charge on any atom is 0.161 e. The predicted octanol–water partition coefficient (Wildman–Crippen LogP) is 2.94. The number of methoxy groups -OCH3 is 2. The number of aromatic nitrogens is 2. The molecule has 0 aliphatic heterocycles. The fourth-order valence-electron chi connectivity index (χ4n) is 2.34. The molecule has 116 valence electrons. The summed E-state index contributed by atoms with van der Waals surface area (Å²) in [5.41, 5.74) is 0.888. The average molecular weight is 283 g/mol. The van der Waals surface area contributed by atoms with Crippen LogP contribution in [0.5, 0.6) is 5.75 Å². The van der Waals surface area contributed by atoms with Crippen LogP contribution in [0.1, 0.15) is 58.8 Å². The van der Waals surface area contributed by atoms with Gasteiger partial charge in [-0.05, 0) is 40.7 Å². The minimum atomic E-state index is -0.204. The average Bonchev–Trinajstić information content (AvgIpc) is 2.81. The molecule has 0 aliphatic rings. The molecule has 20 heavy (non-hydrogen) atoms. The number of ether oxygens (including phenoxy) is 2. The Bertz CT molecular complexity index is 413. The van der Waals surface area contributed by atoms with Crippen molar-refractivity contribution in [3.05, 3.63) is 11.9 Å². The summed E-state index contributed by atoms with van der Waals surface area (Å²) < 4.78 is 13.1. The predicted molar refractivity (Wildman–Crippen MR) is 81.3 cm³/mol. The first kappa shape index (κ1) is 17.0. The molecule has 0 aromatic carbocycles. The van der Waals surface area contributed by atoms with E-state index in [1.165, 1.54) is 0 Å². The van der Waals surface area contributed by atoms with Crippen molar-refractivity contribution < 1.29 is 9.47 Å². The van der Waals surface area contributed by atoms with Crippen LogP contribution in [-0.4, -0.2) is 36.1 Å². The maximum atomic E-state index is 5.58. The Morgan fingerprint density at radius 1 is 1.35 bits per heavy atom. The van der Waals surface area contributed by atoms with E-state index < -0.39 is 0 Å². The lowest BCUT2D eigenvalue weighted by Crippen LogP contribution is -2.33. The molecule has 5 nitrogen and oxygen atoms in total. The number of hydrogen-bond acceptors (Lipinski definition) is 4. The second-order valence-electron chi connectivity index (χ2n) is 5.91. The van der Waals surface area contributed by atoms with Crippen LogP contribution in [0.4, 0.5) is 0 Å². The van der Waals surface area contributed by atoms with Crippen molar-refractivity contribution in [2.75, 3.05) is 20.8 Å². The van der Waals surface area contributed by atoms with Gasteiger partial charge in [0.05, 0.1) is 30.6 Å². The third-order valence-corrected chi connectivity index (χ3v) is 3.54. The van der Waals surface area contributed by atoms with E-state index in [-0.39, 0.29) is 11.6 Å². The van der Waals surface area contributed by atoms with Crippen molar-refractivity contribution in [1.29, 1.82) is 0 Å². The molecule has 1 atom stereocenters. The molecule has 0 spiro atoms. The molecule has 1 heterocycles. The summed E-state index contributed by atoms with van der Waals surface area (Å²) in [6.45, 7) is 11.4. The Balaban J connectivity index is 3.16. The van der Waals surface area contributed by atoms with Crippen LogP contribution >= 0.6 is 0 Å². The van der Waals surface area contributed by atoms with Crippen LogP contribution in [-0.2, 0) is 4.74 Å². The molecule has 0 saturated carbocycles. The molecule has 0 aliphatic carbocycles. The summed E-state index contributed by atoms with van der Waals surface area (Å²) >= 11 is 0. The lowest BCUT2D eigenvalue weighted by atomic mass is 9.96. The van der Waals surface area contributed by atoms with Gasteiger partial charge in [0, 0.05) is 13.2 Å².